The van der Waals surface area contributed by atoms with Gasteiger partial charge in [0.1, 0.15) is 11.2 Å². The average molecular weight is 592 g/mol. The second-order valence-electron chi connectivity index (χ2n) is 11.7. The number of rotatable bonds is 5. The van der Waals surface area contributed by atoms with Crippen LogP contribution in [0.1, 0.15) is 0 Å². The minimum absolute atomic E-state index is 0.919. The van der Waals surface area contributed by atoms with E-state index in [2.05, 4.69) is 174 Å². The van der Waals surface area contributed by atoms with Gasteiger partial charge in [-0.05, 0) is 57.1 Å². The van der Waals surface area contributed by atoms with Gasteiger partial charge in [0.05, 0.1) is 11.0 Å². The fourth-order valence-electron chi connectivity index (χ4n) is 7.49. The maximum atomic E-state index is 6.33. The quantitative estimate of drug-likeness (QED) is 0.146. The molecule has 0 saturated carbocycles. The van der Waals surface area contributed by atoms with Crippen molar-refractivity contribution in [1.29, 1.82) is 0 Å². The number of benzene rings is 7. The van der Waals surface area contributed by atoms with E-state index in [1.165, 1.54) is 48.2 Å². The van der Waals surface area contributed by atoms with Gasteiger partial charge in [-0.25, -0.2) is 0 Å². The van der Waals surface area contributed by atoms with Gasteiger partial charge >= 0.3 is 0 Å². The molecule has 7 aromatic carbocycles. The molecule has 0 bridgehead atoms. The maximum absolute atomic E-state index is 6.33. The Kier molecular flexibility index (Phi) is 5.87. The van der Waals surface area contributed by atoms with Crippen molar-refractivity contribution in [3.05, 3.63) is 176 Å². The van der Waals surface area contributed by atoms with Gasteiger partial charge in [-0.2, -0.15) is 0 Å². The fourth-order valence-corrected chi connectivity index (χ4v) is 12.5. The van der Waals surface area contributed by atoms with Crippen molar-refractivity contribution in [2.45, 2.75) is 0 Å². The number of hydrogen-bond donors (Lipinski definition) is 0. The minimum atomic E-state index is -2.90. The van der Waals surface area contributed by atoms with Gasteiger partial charge in [0.25, 0.3) is 0 Å². The van der Waals surface area contributed by atoms with Crippen molar-refractivity contribution in [3.63, 3.8) is 0 Å². The molecular formula is C42H29NOSi. The molecule has 0 aliphatic heterocycles. The number of hydrogen-bond acceptors (Lipinski definition) is 1. The molecule has 3 heteroatoms. The third kappa shape index (κ3) is 3.81. The Morgan fingerprint density at radius 2 is 0.978 bits per heavy atom. The highest BCUT2D eigenvalue weighted by atomic mass is 28.3. The van der Waals surface area contributed by atoms with E-state index in [1.807, 2.05) is 6.07 Å². The van der Waals surface area contributed by atoms with Crippen LogP contribution in [-0.2, 0) is 0 Å². The molecule has 0 radical (unpaired) electrons. The second kappa shape index (κ2) is 10.2. The molecule has 0 saturated heterocycles. The Labute approximate surface area is 262 Å². The zero-order valence-electron chi connectivity index (χ0n) is 24.6. The van der Waals surface area contributed by atoms with E-state index >= 15 is 0 Å². The van der Waals surface area contributed by atoms with E-state index in [0.717, 1.165) is 21.9 Å². The third-order valence-electron chi connectivity index (χ3n) is 9.34. The van der Waals surface area contributed by atoms with Gasteiger partial charge in [0.2, 0.25) is 0 Å². The Morgan fingerprint density at radius 3 is 1.71 bits per heavy atom. The molecular weight excluding hydrogens is 563 g/mol. The first-order valence-corrected chi connectivity index (χ1v) is 17.4. The first-order valence-electron chi connectivity index (χ1n) is 15.4. The molecule has 2 nitrogen and oxygen atoms in total. The molecule has 0 spiro atoms. The van der Waals surface area contributed by atoms with Crippen LogP contribution < -0.4 is 20.7 Å². The molecule has 2 heterocycles. The summed E-state index contributed by atoms with van der Waals surface area (Å²) in [7, 11) is -2.90. The SMILES string of the molecule is c1ccc(-n2c3ccccc3c3c([Si](c4ccccc4)(c4ccccc4)c4ccc5oc6ccccc6c5c4)cccc32)cc1. The van der Waals surface area contributed by atoms with Gasteiger partial charge in [-0.1, -0.05) is 140 Å². The normalized spacial score (nSPS) is 12.0. The maximum Gasteiger partial charge on any atom is 0.180 e. The van der Waals surface area contributed by atoms with E-state index in [0.29, 0.717) is 0 Å². The highest BCUT2D eigenvalue weighted by Gasteiger charge is 2.43. The molecule has 0 amide bonds. The Balaban J connectivity index is 1.49. The zero-order valence-corrected chi connectivity index (χ0v) is 25.6. The van der Waals surface area contributed by atoms with Gasteiger partial charge < -0.3 is 8.98 Å². The van der Waals surface area contributed by atoms with E-state index in [4.69, 9.17) is 4.42 Å². The summed E-state index contributed by atoms with van der Waals surface area (Å²) >= 11 is 0. The van der Waals surface area contributed by atoms with Crippen molar-refractivity contribution in [2.24, 2.45) is 0 Å². The van der Waals surface area contributed by atoms with Crippen molar-refractivity contribution in [1.82, 2.24) is 4.57 Å². The summed E-state index contributed by atoms with van der Waals surface area (Å²) in [4.78, 5) is 0. The van der Waals surface area contributed by atoms with Crippen molar-refractivity contribution in [2.75, 3.05) is 0 Å². The lowest BCUT2D eigenvalue weighted by Crippen LogP contribution is -2.74. The largest absolute Gasteiger partial charge is 0.456 e. The summed E-state index contributed by atoms with van der Waals surface area (Å²) in [6.45, 7) is 0. The smallest absolute Gasteiger partial charge is 0.180 e. The average Bonchev–Trinajstić information content (AvgIpc) is 3.66. The highest BCUT2D eigenvalue weighted by Crippen LogP contribution is 2.33. The molecule has 45 heavy (non-hydrogen) atoms. The van der Waals surface area contributed by atoms with Crippen LogP contribution in [0.5, 0.6) is 0 Å². The van der Waals surface area contributed by atoms with E-state index in [9.17, 15) is 0 Å². The summed E-state index contributed by atoms with van der Waals surface area (Å²) in [6.07, 6.45) is 0. The number of furan rings is 1. The van der Waals surface area contributed by atoms with Crippen LogP contribution in [0.2, 0.25) is 0 Å². The lowest BCUT2D eigenvalue weighted by Gasteiger charge is -2.35. The summed E-state index contributed by atoms with van der Waals surface area (Å²) < 4.78 is 8.76. The number of nitrogens with zero attached hydrogens (tertiary/aromatic N) is 1. The van der Waals surface area contributed by atoms with Gasteiger partial charge in [-0.3, -0.25) is 0 Å². The molecule has 212 valence electrons. The summed E-state index contributed by atoms with van der Waals surface area (Å²) in [5.41, 5.74) is 5.44. The Morgan fingerprint density at radius 1 is 0.400 bits per heavy atom. The predicted molar refractivity (Wildman–Crippen MR) is 192 cm³/mol. The Hall–Kier alpha value is -5.64. The summed E-state index contributed by atoms with van der Waals surface area (Å²) in [5, 5.41) is 10.3. The lowest BCUT2D eigenvalue weighted by molar-refractivity contribution is 0.669. The molecule has 0 N–H and O–H groups in total. The molecule has 0 fully saturated rings. The predicted octanol–water partition coefficient (Wildman–Crippen LogP) is 8.06. The summed E-state index contributed by atoms with van der Waals surface area (Å²) in [6, 6.07) is 64.2. The second-order valence-corrected chi connectivity index (χ2v) is 15.4. The van der Waals surface area contributed by atoms with Crippen LogP contribution in [0, 0.1) is 0 Å². The van der Waals surface area contributed by atoms with Gasteiger partial charge in [0.15, 0.2) is 8.07 Å². The van der Waals surface area contributed by atoms with Gasteiger partial charge in [0, 0.05) is 27.2 Å². The van der Waals surface area contributed by atoms with Crippen LogP contribution in [0.25, 0.3) is 49.4 Å². The molecule has 0 atom stereocenters. The minimum Gasteiger partial charge on any atom is -0.456 e. The van der Waals surface area contributed by atoms with Crippen LogP contribution in [-0.4, -0.2) is 12.6 Å². The van der Waals surface area contributed by atoms with Crippen LogP contribution in [0.15, 0.2) is 180 Å². The van der Waals surface area contributed by atoms with Gasteiger partial charge in [-0.15, -0.1) is 0 Å². The fraction of sp³-hybridized carbons (Fsp3) is 0. The molecule has 0 aliphatic carbocycles. The zero-order chi connectivity index (χ0) is 29.8. The van der Waals surface area contributed by atoms with Crippen LogP contribution >= 0.6 is 0 Å². The Bertz CT molecular complexity index is 2440. The standard InChI is InChI=1S/C42H29NOSi/c1-4-15-30(16-5-1)43-37-23-12-10-22-35(37)42-38(43)24-14-26-41(42)45(31-17-6-2-7-18-31,32-19-8-3-9-20-32)33-27-28-40-36(29-33)34-21-11-13-25-39(34)44-40/h1-29H. The third-order valence-corrected chi connectivity index (χ3v) is 14.1. The molecule has 9 aromatic rings. The molecule has 0 aliphatic rings. The number of fused-ring (bicyclic) bond motifs is 6. The first kappa shape index (κ1) is 25.8. The summed E-state index contributed by atoms with van der Waals surface area (Å²) in [5.74, 6) is 0. The molecule has 9 rings (SSSR count). The van der Waals surface area contributed by atoms with E-state index < -0.39 is 8.07 Å². The number of aromatic nitrogens is 1. The molecule has 0 unspecified atom stereocenters. The van der Waals surface area contributed by atoms with Crippen molar-refractivity contribution >= 4 is 72.6 Å². The lowest BCUT2D eigenvalue weighted by atomic mass is 10.1. The van der Waals surface area contributed by atoms with Crippen LogP contribution in [0.4, 0.5) is 0 Å². The van der Waals surface area contributed by atoms with Crippen molar-refractivity contribution < 1.29 is 4.42 Å². The van der Waals surface area contributed by atoms with Crippen molar-refractivity contribution in [3.8, 4) is 5.69 Å². The topological polar surface area (TPSA) is 18.1 Å². The molecule has 2 aromatic heterocycles. The monoisotopic (exact) mass is 591 g/mol. The first-order chi connectivity index (χ1) is 22.3. The van der Waals surface area contributed by atoms with E-state index in [1.54, 1.807) is 0 Å². The van der Waals surface area contributed by atoms with Crippen LogP contribution in [0.3, 0.4) is 0 Å². The number of para-hydroxylation sites is 3. The highest BCUT2D eigenvalue weighted by molar-refractivity contribution is 7.21. The van der Waals surface area contributed by atoms with E-state index in [-0.39, 0.29) is 0 Å².